The Hall–Kier alpha value is -1.20. The van der Waals surface area contributed by atoms with Crippen LogP contribution in [0, 0.1) is 0 Å². The molecule has 0 radical (unpaired) electrons. The molecule has 0 aliphatic heterocycles. The highest BCUT2D eigenvalue weighted by molar-refractivity contribution is 8.00. The number of imidazole rings is 1. The van der Waals surface area contributed by atoms with Gasteiger partial charge in [0.2, 0.25) is 0 Å². The van der Waals surface area contributed by atoms with Crippen LogP contribution in [0.15, 0.2) is 23.4 Å². The summed E-state index contributed by atoms with van der Waals surface area (Å²) in [5.41, 5.74) is 1.73. The van der Waals surface area contributed by atoms with Gasteiger partial charge < -0.3 is 9.67 Å². The number of carboxylic acids is 1. The highest BCUT2D eigenvalue weighted by Crippen LogP contribution is 2.28. The third-order valence-electron chi connectivity index (χ3n) is 2.70. The quantitative estimate of drug-likeness (QED) is 0.876. The summed E-state index contributed by atoms with van der Waals surface area (Å²) in [7, 11) is 1.88. The largest absolute Gasteiger partial charge is 0.480 e. The number of hydrogen-bond acceptors (Lipinski definition) is 3. The maximum Gasteiger partial charge on any atom is 0.317 e. The Kier molecular flexibility index (Phi) is 3.82. The Morgan fingerprint density at radius 1 is 1.61 bits per heavy atom. The van der Waals surface area contributed by atoms with Crippen LogP contribution in [0.25, 0.3) is 11.0 Å². The topological polar surface area (TPSA) is 55.1 Å². The molecule has 2 rings (SSSR count). The summed E-state index contributed by atoms with van der Waals surface area (Å²) in [5.74, 6) is -0.812. The predicted molar refractivity (Wildman–Crippen MR) is 73.3 cm³/mol. The monoisotopic (exact) mass is 284 g/mol. The van der Waals surface area contributed by atoms with Crippen LogP contribution < -0.4 is 0 Å². The van der Waals surface area contributed by atoms with Gasteiger partial charge in [0.25, 0.3) is 0 Å². The van der Waals surface area contributed by atoms with E-state index in [1.165, 1.54) is 11.8 Å². The van der Waals surface area contributed by atoms with E-state index in [1.54, 1.807) is 12.1 Å². The van der Waals surface area contributed by atoms with Gasteiger partial charge in [-0.1, -0.05) is 30.3 Å². The minimum Gasteiger partial charge on any atom is -0.480 e. The highest BCUT2D eigenvalue weighted by Gasteiger charge is 2.20. The Labute approximate surface area is 114 Å². The van der Waals surface area contributed by atoms with Crippen molar-refractivity contribution in [3.63, 3.8) is 0 Å². The maximum absolute atomic E-state index is 11.0. The van der Waals surface area contributed by atoms with Crippen molar-refractivity contribution in [3.05, 3.63) is 23.2 Å². The van der Waals surface area contributed by atoms with Gasteiger partial charge in [-0.3, -0.25) is 4.79 Å². The van der Waals surface area contributed by atoms with Crippen molar-refractivity contribution in [2.24, 2.45) is 7.05 Å². The first-order chi connectivity index (χ1) is 8.52. The third kappa shape index (κ3) is 2.47. The van der Waals surface area contributed by atoms with Crippen molar-refractivity contribution in [1.82, 2.24) is 9.55 Å². The lowest BCUT2D eigenvalue weighted by Gasteiger charge is -2.08. The summed E-state index contributed by atoms with van der Waals surface area (Å²) < 4.78 is 1.89. The fourth-order valence-electron chi connectivity index (χ4n) is 1.69. The molecular weight excluding hydrogens is 272 g/mol. The van der Waals surface area contributed by atoms with Crippen LogP contribution >= 0.6 is 23.4 Å². The number of halogens is 1. The van der Waals surface area contributed by atoms with Crippen molar-refractivity contribution >= 4 is 40.4 Å². The normalized spacial score (nSPS) is 12.8. The number of benzene rings is 1. The van der Waals surface area contributed by atoms with Crippen LogP contribution in [0.5, 0.6) is 0 Å². The molecule has 6 heteroatoms. The zero-order chi connectivity index (χ0) is 13.3. The van der Waals surface area contributed by atoms with Gasteiger partial charge in [-0.15, -0.1) is 0 Å². The molecule has 0 aliphatic rings. The van der Waals surface area contributed by atoms with E-state index in [9.17, 15) is 4.79 Å². The fourth-order valence-corrected chi connectivity index (χ4v) is 2.79. The molecule has 0 amide bonds. The third-order valence-corrected chi connectivity index (χ3v) is 4.33. The minimum atomic E-state index is -0.812. The lowest BCUT2D eigenvalue weighted by atomic mass is 10.3. The number of nitrogens with zero attached hydrogens (tertiary/aromatic N) is 2. The Balaban J connectivity index is 2.39. The first-order valence-corrected chi connectivity index (χ1v) is 6.80. The SMILES string of the molecule is CCC(Sc1nc2cc(Cl)ccc2n1C)C(=O)O. The average Bonchev–Trinajstić information content (AvgIpc) is 2.62. The molecule has 0 saturated heterocycles. The Morgan fingerprint density at radius 2 is 2.33 bits per heavy atom. The number of aliphatic carboxylic acids is 1. The van der Waals surface area contributed by atoms with Gasteiger partial charge in [-0.2, -0.15) is 0 Å². The number of thioether (sulfide) groups is 1. The first kappa shape index (κ1) is 13.2. The summed E-state index contributed by atoms with van der Waals surface area (Å²) in [4.78, 5) is 15.5. The summed E-state index contributed by atoms with van der Waals surface area (Å²) in [6.07, 6.45) is 0.559. The van der Waals surface area contributed by atoms with Crippen molar-refractivity contribution in [2.75, 3.05) is 0 Å². The second kappa shape index (κ2) is 5.20. The number of rotatable bonds is 4. The van der Waals surface area contributed by atoms with E-state index in [0.717, 1.165) is 11.0 Å². The molecule has 1 unspecified atom stereocenters. The van der Waals surface area contributed by atoms with Gasteiger partial charge in [-0.25, -0.2) is 4.98 Å². The van der Waals surface area contributed by atoms with Crippen LogP contribution in [0.1, 0.15) is 13.3 Å². The molecule has 1 aromatic carbocycles. The fraction of sp³-hybridized carbons (Fsp3) is 0.333. The van der Waals surface area contributed by atoms with Crippen molar-refractivity contribution in [1.29, 1.82) is 0 Å². The van der Waals surface area contributed by atoms with E-state index < -0.39 is 11.2 Å². The van der Waals surface area contributed by atoms with Gasteiger partial charge in [0.05, 0.1) is 11.0 Å². The van der Waals surface area contributed by atoms with Crippen LogP contribution in [-0.4, -0.2) is 25.9 Å². The van der Waals surface area contributed by atoms with Crippen molar-refractivity contribution in [2.45, 2.75) is 23.8 Å². The molecular formula is C12H13ClN2O2S. The van der Waals surface area contributed by atoms with Crippen LogP contribution in [-0.2, 0) is 11.8 Å². The van der Waals surface area contributed by atoms with Crippen LogP contribution in [0.4, 0.5) is 0 Å². The molecule has 4 nitrogen and oxygen atoms in total. The summed E-state index contributed by atoms with van der Waals surface area (Å²) in [6, 6.07) is 5.47. The molecule has 0 bridgehead atoms. The molecule has 0 saturated carbocycles. The number of carboxylic acid groups (broad SMARTS) is 1. The van der Waals surface area contributed by atoms with Gasteiger partial charge in [0, 0.05) is 12.1 Å². The number of hydrogen-bond donors (Lipinski definition) is 1. The molecule has 2 aromatic rings. The average molecular weight is 285 g/mol. The van der Waals surface area contributed by atoms with Crippen molar-refractivity contribution in [3.8, 4) is 0 Å². The maximum atomic E-state index is 11.0. The minimum absolute atomic E-state index is 0.476. The molecule has 96 valence electrons. The second-order valence-electron chi connectivity index (χ2n) is 3.94. The predicted octanol–water partition coefficient (Wildman–Crippen LogP) is 3.18. The van der Waals surface area contributed by atoms with Crippen molar-refractivity contribution < 1.29 is 9.90 Å². The van der Waals surface area contributed by atoms with E-state index in [-0.39, 0.29) is 0 Å². The Morgan fingerprint density at radius 3 is 2.94 bits per heavy atom. The summed E-state index contributed by atoms with van der Waals surface area (Å²) in [6.45, 7) is 1.85. The molecule has 0 fully saturated rings. The van der Waals surface area contributed by atoms with E-state index in [2.05, 4.69) is 4.98 Å². The standard InChI is InChI=1S/C12H13ClN2O2S/c1-3-10(11(16)17)18-12-14-8-6-7(13)4-5-9(8)15(12)2/h4-6,10H,3H2,1-2H3,(H,16,17). The summed E-state index contributed by atoms with van der Waals surface area (Å²) >= 11 is 7.18. The smallest absolute Gasteiger partial charge is 0.317 e. The van der Waals surface area contributed by atoms with Gasteiger partial charge >= 0.3 is 5.97 Å². The van der Waals surface area contributed by atoms with E-state index in [4.69, 9.17) is 16.7 Å². The zero-order valence-electron chi connectivity index (χ0n) is 10.1. The lowest BCUT2D eigenvalue weighted by molar-refractivity contribution is -0.136. The van der Waals surface area contributed by atoms with Crippen LogP contribution in [0.3, 0.4) is 0 Å². The zero-order valence-corrected chi connectivity index (χ0v) is 11.6. The molecule has 1 aromatic heterocycles. The molecule has 0 spiro atoms. The van der Waals surface area contributed by atoms with Gasteiger partial charge in [-0.05, 0) is 24.6 Å². The number of aryl methyl sites for hydroxylation is 1. The van der Waals surface area contributed by atoms with E-state index >= 15 is 0 Å². The van der Waals surface area contributed by atoms with Crippen LogP contribution in [0.2, 0.25) is 5.02 Å². The second-order valence-corrected chi connectivity index (χ2v) is 5.55. The summed E-state index contributed by atoms with van der Waals surface area (Å²) in [5, 5.41) is 9.91. The number of fused-ring (bicyclic) bond motifs is 1. The molecule has 18 heavy (non-hydrogen) atoms. The Bertz CT molecular complexity index is 597. The molecule has 1 atom stereocenters. The van der Waals surface area contributed by atoms with E-state index in [0.29, 0.717) is 16.6 Å². The number of carbonyl (C=O) groups is 1. The first-order valence-electron chi connectivity index (χ1n) is 5.54. The van der Waals surface area contributed by atoms with Gasteiger partial charge in [0.1, 0.15) is 5.25 Å². The molecule has 1 N–H and O–H groups in total. The van der Waals surface area contributed by atoms with Gasteiger partial charge in [0.15, 0.2) is 5.16 Å². The number of aromatic nitrogens is 2. The highest BCUT2D eigenvalue weighted by atomic mass is 35.5. The molecule has 0 aliphatic carbocycles. The van der Waals surface area contributed by atoms with E-state index in [1.807, 2.05) is 24.6 Å². The molecule has 1 heterocycles. The lowest BCUT2D eigenvalue weighted by Crippen LogP contribution is -2.15.